The second-order valence-electron chi connectivity index (χ2n) is 5.85. The average molecular weight is 402 g/mol. The lowest BCUT2D eigenvalue weighted by atomic mass is 10.0. The van der Waals surface area contributed by atoms with Crippen LogP contribution in [0.25, 0.3) is 0 Å². The molecule has 0 aliphatic heterocycles. The summed E-state index contributed by atoms with van der Waals surface area (Å²) in [7, 11) is 1.58. The van der Waals surface area contributed by atoms with Gasteiger partial charge in [0.05, 0.1) is 11.9 Å². The van der Waals surface area contributed by atoms with Gasteiger partial charge in [-0.3, -0.25) is 9.59 Å². The van der Waals surface area contributed by atoms with Gasteiger partial charge in [0.2, 0.25) is 5.91 Å². The maximum Gasteiger partial charge on any atom is 0.299 e. The highest BCUT2D eigenvalue weighted by molar-refractivity contribution is 7.99. The summed E-state index contributed by atoms with van der Waals surface area (Å²) < 4.78 is 11.1. The Morgan fingerprint density at radius 2 is 2.00 bits per heavy atom. The van der Waals surface area contributed by atoms with Crippen LogP contribution in [0.2, 0.25) is 0 Å². The highest BCUT2D eigenvalue weighted by atomic mass is 32.2. The summed E-state index contributed by atoms with van der Waals surface area (Å²) in [5.41, 5.74) is 0. The van der Waals surface area contributed by atoms with Crippen LogP contribution in [0, 0.1) is 17.2 Å². The van der Waals surface area contributed by atoms with E-state index in [9.17, 15) is 14.9 Å². The smallest absolute Gasteiger partial charge is 0.299 e. The van der Waals surface area contributed by atoms with Crippen molar-refractivity contribution in [1.29, 1.82) is 5.26 Å². The van der Waals surface area contributed by atoms with Crippen molar-refractivity contribution in [3.05, 3.63) is 36.7 Å². The fraction of sp³-hybridized carbons (Fsp3) is 0.368. The lowest BCUT2D eigenvalue weighted by Gasteiger charge is -2.21. The lowest BCUT2D eigenvalue weighted by Crippen LogP contribution is -2.41. The van der Waals surface area contributed by atoms with Crippen LogP contribution >= 0.6 is 11.8 Å². The molecule has 0 aliphatic rings. The van der Waals surface area contributed by atoms with Crippen molar-refractivity contribution in [2.24, 2.45) is 5.92 Å². The van der Waals surface area contributed by atoms with Gasteiger partial charge in [-0.05, 0) is 36.9 Å². The minimum absolute atomic E-state index is 0.359. The second kappa shape index (κ2) is 10.4. The molecule has 1 N–H and O–H groups in total. The maximum absolute atomic E-state index is 12.5. The quantitative estimate of drug-likeness (QED) is 0.481. The van der Waals surface area contributed by atoms with E-state index in [2.05, 4.69) is 9.97 Å². The third-order valence-electron chi connectivity index (χ3n) is 3.75. The van der Waals surface area contributed by atoms with Crippen molar-refractivity contribution < 1.29 is 19.1 Å². The van der Waals surface area contributed by atoms with Gasteiger partial charge in [-0.1, -0.05) is 6.92 Å². The van der Waals surface area contributed by atoms with Crippen LogP contribution in [-0.4, -0.2) is 51.3 Å². The number of carbonyl (C=O) groups excluding carboxylic acids is 2. The molecule has 1 amide bonds. The molecule has 1 aromatic carbocycles. The van der Waals surface area contributed by atoms with Crippen LogP contribution in [0.5, 0.6) is 17.5 Å². The molecule has 2 atom stereocenters. The average Bonchev–Trinajstić information content (AvgIpc) is 3.20. The van der Waals surface area contributed by atoms with Gasteiger partial charge < -0.3 is 19.4 Å². The van der Waals surface area contributed by atoms with Gasteiger partial charge in [-0.2, -0.15) is 5.26 Å². The summed E-state index contributed by atoms with van der Waals surface area (Å²) >= 11 is 1.53. The number of ketones is 1. The molecule has 28 heavy (non-hydrogen) atoms. The Kier molecular flexibility index (Phi) is 7.89. The Labute approximate surface area is 167 Å². The molecule has 0 saturated heterocycles. The third kappa shape index (κ3) is 5.76. The first kappa shape index (κ1) is 21.3. The Morgan fingerprint density at radius 3 is 2.57 bits per heavy atom. The van der Waals surface area contributed by atoms with E-state index in [1.807, 2.05) is 6.92 Å². The van der Waals surface area contributed by atoms with Crippen LogP contribution in [0.3, 0.4) is 0 Å². The number of aromatic amines is 1. The standard InChI is InChI=1S/C19H22N4O4S/c1-4-28-12-23(3)18(25)16(11-20)17(24)13(2)26-14-5-7-15(8-6-14)27-19-21-9-10-22-19/h5-10,13,16H,4,12H2,1-3H3,(H,21,22). The van der Waals surface area contributed by atoms with E-state index in [1.54, 1.807) is 49.8 Å². The first-order valence-corrected chi connectivity index (χ1v) is 9.81. The molecule has 0 saturated carbocycles. The maximum atomic E-state index is 12.5. The Hall–Kier alpha value is -2.99. The summed E-state index contributed by atoms with van der Waals surface area (Å²) in [5, 5.41) is 9.31. The number of hydrogen-bond acceptors (Lipinski definition) is 7. The number of amides is 1. The summed E-state index contributed by atoms with van der Waals surface area (Å²) in [5.74, 6) is -0.260. The molecule has 8 nitrogen and oxygen atoms in total. The van der Waals surface area contributed by atoms with Crippen molar-refractivity contribution in [2.45, 2.75) is 20.0 Å². The topological polar surface area (TPSA) is 108 Å². The number of rotatable bonds is 10. The Balaban J connectivity index is 1.96. The van der Waals surface area contributed by atoms with Crippen molar-refractivity contribution in [1.82, 2.24) is 14.9 Å². The molecule has 1 aromatic heterocycles. The first-order valence-electron chi connectivity index (χ1n) is 8.66. The zero-order valence-electron chi connectivity index (χ0n) is 15.9. The van der Waals surface area contributed by atoms with E-state index in [0.717, 1.165) is 5.75 Å². The zero-order chi connectivity index (χ0) is 20.5. The number of nitrogens with zero attached hydrogens (tertiary/aromatic N) is 3. The molecule has 1 heterocycles. The summed E-state index contributed by atoms with van der Waals surface area (Å²) in [4.78, 5) is 33.1. The predicted molar refractivity (Wildman–Crippen MR) is 105 cm³/mol. The molecule has 0 radical (unpaired) electrons. The Morgan fingerprint density at radius 1 is 1.32 bits per heavy atom. The number of ether oxygens (including phenoxy) is 2. The van der Waals surface area contributed by atoms with Gasteiger partial charge in [-0.25, -0.2) is 4.98 Å². The van der Waals surface area contributed by atoms with Gasteiger partial charge >= 0.3 is 0 Å². The molecule has 2 unspecified atom stereocenters. The van der Waals surface area contributed by atoms with E-state index in [4.69, 9.17) is 9.47 Å². The third-order valence-corrected chi connectivity index (χ3v) is 4.73. The molecule has 2 rings (SSSR count). The molecule has 0 fully saturated rings. The first-order chi connectivity index (χ1) is 13.5. The van der Waals surface area contributed by atoms with Crippen LogP contribution in [-0.2, 0) is 9.59 Å². The van der Waals surface area contributed by atoms with Crippen LogP contribution in [0.1, 0.15) is 13.8 Å². The number of H-pyrrole nitrogens is 1. The molecule has 0 aliphatic carbocycles. The van der Waals surface area contributed by atoms with Gasteiger partial charge in [0.15, 0.2) is 17.8 Å². The molecule has 0 spiro atoms. The zero-order valence-corrected chi connectivity index (χ0v) is 16.7. The normalized spacial score (nSPS) is 12.5. The largest absolute Gasteiger partial charge is 0.483 e. The number of nitrogens with one attached hydrogen (secondary N) is 1. The van der Waals surface area contributed by atoms with E-state index < -0.39 is 23.7 Å². The monoisotopic (exact) mass is 402 g/mol. The van der Waals surface area contributed by atoms with E-state index in [1.165, 1.54) is 23.6 Å². The van der Waals surface area contributed by atoms with Gasteiger partial charge in [-0.15, -0.1) is 11.8 Å². The summed E-state index contributed by atoms with van der Waals surface area (Å²) in [6.07, 6.45) is 2.27. The molecule has 2 aromatic rings. The number of nitriles is 1. The molecular formula is C19H22N4O4S. The highest BCUT2D eigenvalue weighted by Crippen LogP contribution is 2.22. The van der Waals surface area contributed by atoms with Crippen molar-refractivity contribution >= 4 is 23.5 Å². The number of imidazole rings is 1. The van der Waals surface area contributed by atoms with Gasteiger partial charge in [0.1, 0.15) is 11.5 Å². The number of benzene rings is 1. The number of aromatic nitrogens is 2. The number of Topliss-reactive ketones (excluding diaryl/α,β-unsaturated/α-hetero) is 1. The second-order valence-corrected chi connectivity index (χ2v) is 7.09. The number of hydrogen-bond donors (Lipinski definition) is 1. The minimum Gasteiger partial charge on any atom is -0.483 e. The summed E-state index contributed by atoms with van der Waals surface area (Å²) in [6, 6.07) is 8.76. The van der Waals surface area contributed by atoms with Crippen LogP contribution in [0.15, 0.2) is 36.7 Å². The van der Waals surface area contributed by atoms with Crippen molar-refractivity contribution in [3.8, 4) is 23.6 Å². The molecular weight excluding hydrogens is 380 g/mol. The predicted octanol–water partition coefficient (Wildman–Crippen LogP) is 2.85. The van der Waals surface area contributed by atoms with Crippen molar-refractivity contribution in [3.63, 3.8) is 0 Å². The SMILES string of the molecule is CCSCN(C)C(=O)C(C#N)C(=O)C(C)Oc1ccc(Oc2ncc[nH]2)cc1. The molecule has 148 valence electrons. The fourth-order valence-electron chi connectivity index (χ4n) is 2.25. The Bertz CT molecular complexity index is 817. The van der Waals surface area contributed by atoms with Crippen molar-refractivity contribution in [2.75, 3.05) is 18.7 Å². The van der Waals surface area contributed by atoms with E-state index in [-0.39, 0.29) is 0 Å². The molecule has 9 heteroatoms. The number of carbonyl (C=O) groups is 2. The van der Waals surface area contributed by atoms with E-state index >= 15 is 0 Å². The van der Waals surface area contributed by atoms with Gasteiger partial charge in [0.25, 0.3) is 6.01 Å². The highest BCUT2D eigenvalue weighted by Gasteiger charge is 2.33. The number of thioether (sulfide) groups is 1. The van der Waals surface area contributed by atoms with Crippen LogP contribution < -0.4 is 9.47 Å². The molecule has 0 bridgehead atoms. The fourth-order valence-corrected chi connectivity index (χ4v) is 2.84. The minimum atomic E-state index is -1.39. The lowest BCUT2D eigenvalue weighted by molar-refractivity contribution is -0.140. The summed E-state index contributed by atoms with van der Waals surface area (Å²) in [6.45, 7) is 3.49. The van der Waals surface area contributed by atoms with E-state index in [0.29, 0.717) is 23.4 Å². The van der Waals surface area contributed by atoms with Crippen LogP contribution in [0.4, 0.5) is 0 Å². The van der Waals surface area contributed by atoms with Gasteiger partial charge in [0, 0.05) is 19.4 Å².